The normalized spacial score (nSPS) is 10.6. The van der Waals surface area contributed by atoms with E-state index < -0.39 is 0 Å². The van der Waals surface area contributed by atoms with Gasteiger partial charge in [0.1, 0.15) is 0 Å². The van der Waals surface area contributed by atoms with Gasteiger partial charge in [-0.05, 0) is 30.0 Å². The van der Waals surface area contributed by atoms with Crippen molar-refractivity contribution in [2.75, 3.05) is 11.9 Å². The molecule has 0 aliphatic heterocycles. The highest BCUT2D eigenvalue weighted by Gasteiger charge is 1.95. The summed E-state index contributed by atoms with van der Waals surface area (Å²) in [7, 11) is 0. The molecule has 0 aliphatic rings. The number of anilines is 1. The molecule has 1 rings (SSSR count). The standard InChI is InChI=1S/C13H21N/c1-4-5-12-6-8-13(9-7-12)14-10-11(2)3/h6-9,11,14H,4-5,10H2,1-3H3. The molecule has 1 heteroatoms. The van der Waals surface area contributed by atoms with E-state index in [1.165, 1.54) is 24.1 Å². The molecule has 0 saturated carbocycles. The Hall–Kier alpha value is -0.980. The largest absolute Gasteiger partial charge is 0.385 e. The predicted octanol–water partition coefficient (Wildman–Crippen LogP) is 3.71. The van der Waals surface area contributed by atoms with Gasteiger partial charge in [-0.15, -0.1) is 0 Å². The molecule has 0 amide bonds. The molecular weight excluding hydrogens is 170 g/mol. The van der Waals surface area contributed by atoms with Gasteiger partial charge in [-0.2, -0.15) is 0 Å². The van der Waals surface area contributed by atoms with Crippen LogP contribution in [0, 0.1) is 5.92 Å². The molecule has 1 aromatic rings. The number of hydrogen-bond acceptors (Lipinski definition) is 1. The maximum Gasteiger partial charge on any atom is 0.0340 e. The van der Waals surface area contributed by atoms with E-state index in [0.717, 1.165) is 6.54 Å². The highest BCUT2D eigenvalue weighted by atomic mass is 14.9. The molecule has 0 radical (unpaired) electrons. The summed E-state index contributed by atoms with van der Waals surface area (Å²) < 4.78 is 0. The Morgan fingerprint density at radius 1 is 1.14 bits per heavy atom. The molecule has 0 spiro atoms. The molecule has 0 saturated heterocycles. The molecular formula is C13H21N. The van der Waals surface area contributed by atoms with E-state index in [4.69, 9.17) is 0 Å². The summed E-state index contributed by atoms with van der Waals surface area (Å²) in [4.78, 5) is 0. The fraction of sp³-hybridized carbons (Fsp3) is 0.538. The van der Waals surface area contributed by atoms with Crippen LogP contribution in [0.3, 0.4) is 0 Å². The van der Waals surface area contributed by atoms with Crippen LogP contribution < -0.4 is 5.32 Å². The third-order valence-electron chi connectivity index (χ3n) is 2.21. The van der Waals surface area contributed by atoms with Gasteiger partial charge in [-0.3, -0.25) is 0 Å². The molecule has 0 heterocycles. The molecule has 1 nitrogen and oxygen atoms in total. The second kappa shape index (κ2) is 5.69. The highest BCUT2D eigenvalue weighted by Crippen LogP contribution is 2.11. The Balaban J connectivity index is 2.46. The van der Waals surface area contributed by atoms with Crippen molar-refractivity contribution >= 4 is 5.69 Å². The van der Waals surface area contributed by atoms with Crippen LogP contribution in [0.4, 0.5) is 5.69 Å². The van der Waals surface area contributed by atoms with Crippen LogP contribution in [0.25, 0.3) is 0 Å². The van der Waals surface area contributed by atoms with Crippen molar-refractivity contribution in [3.63, 3.8) is 0 Å². The van der Waals surface area contributed by atoms with Gasteiger partial charge >= 0.3 is 0 Å². The minimum Gasteiger partial charge on any atom is -0.385 e. The Morgan fingerprint density at radius 2 is 1.79 bits per heavy atom. The fourth-order valence-electron chi connectivity index (χ4n) is 1.40. The van der Waals surface area contributed by atoms with Crippen LogP contribution in [0.1, 0.15) is 32.8 Å². The molecule has 0 atom stereocenters. The molecule has 78 valence electrons. The number of benzene rings is 1. The van der Waals surface area contributed by atoms with Crippen LogP contribution in [0.2, 0.25) is 0 Å². The summed E-state index contributed by atoms with van der Waals surface area (Å²) in [5.41, 5.74) is 2.67. The van der Waals surface area contributed by atoms with E-state index >= 15 is 0 Å². The Labute approximate surface area is 87.5 Å². The Kier molecular flexibility index (Phi) is 4.51. The van der Waals surface area contributed by atoms with Crippen LogP contribution in [0.15, 0.2) is 24.3 Å². The van der Waals surface area contributed by atoms with Gasteiger partial charge in [0, 0.05) is 12.2 Å². The van der Waals surface area contributed by atoms with E-state index in [1.807, 2.05) is 0 Å². The summed E-state index contributed by atoms with van der Waals surface area (Å²) in [5, 5.41) is 3.41. The van der Waals surface area contributed by atoms with E-state index in [0.29, 0.717) is 5.92 Å². The summed E-state index contributed by atoms with van der Waals surface area (Å²) in [6.45, 7) is 7.70. The monoisotopic (exact) mass is 191 g/mol. The molecule has 1 N–H and O–H groups in total. The van der Waals surface area contributed by atoms with Gasteiger partial charge in [0.2, 0.25) is 0 Å². The average molecular weight is 191 g/mol. The van der Waals surface area contributed by atoms with Crippen molar-refractivity contribution in [3.8, 4) is 0 Å². The van der Waals surface area contributed by atoms with E-state index in [9.17, 15) is 0 Å². The first-order valence-corrected chi connectivity index (χ1v) is 5.55. The third-order valence-corrected chi connectivity index (χ3v) is 2.21. The van der Waals surface area contributed by atoms with Gasteiger partial charge < -0.3 is 5.32 Å². The maximum atomic E-state index is 3.41. The van der Waals surface area contributed by atoms with Crippen molar-refractivity contribution < 1.29 is 0 Å². The lowest BCUT2D eigenvalue weighted by molar-refractivity contribution is 0.689. The zero-order valence-electron chi connectivity index (χ0n) is 9.51. The second-order valence-corrected chi connectivity index (χ2v) is 4.22. The third kappa shape index (κ3) is 3.82. The zero-order valence-corrected chi connectivity index (χ0v) is 9.51. The summed E-state index contributed by atoms with van der Waals surface area (Å²) in [6.07, 6.45) is 2.41. The van der Waals surface area contributed by atoms with Crippen molar-refractivity contribution in [2.45, 2.75) is 33.6 Å². The SMILES string of the molecule is CCCc1ccc(NCC(C)C)cc1. The number of hydrogen-bond donors (Lipinski definition) is 1. The molecule has 0 bridgehead atoms. The smallest absolute Gasteiger partial charge is 0.0340 e. The zero-order chi connectivity index (χ0) is 10.4. The van der Waals surface area contributed by atoms with Crippen molar-refractivity contribution in [1.82, 2.24) is 0 Å². The van der Waals surface area contributed by atoms with Gasteiger partial charge in [0.15, 0.2) is 0 Å². The molecule has 14 heavy (non-hydrogen) atoms. The van der Waals surface area contributed by atoms with E-state index in [1.54, 1.807) is 0 Å². The first kappa shape index (κ1) is 11.1. The van der Waals surface area contributed by atoms with Crippen molar-refractivity contribution in [1.29, 1.82) is 0 Å². The highest BCUT2D eigenvalue weighted by molar-refractivity contribution is 5.44. The maximum absolute atomic E-state index is 3.41. The quantitative estimate of drug-likeness (QED) is 0.748. The van der Waals surface area contributed by atoms with Gasteiger partial charge in [0.25, 0.3) is 0 Å². The Bertz CT molecular complexity index is 248. The number of nitrogens with one attached hydrogen (secondary N) is 1. The lowest BCUT2D eigenvalue weighted by Crippen LogP contribution is -2.07. The van der Waals surface area contributed by atoms with E-state index in [2.05, 4.69) is 50.4 Å². The minimum absolute atomic E-state index is 0.699. The lowest BCUT2D eigenvalue weighted by atomic mass is 10.1. The predicted molar refractivity (Wildman–Crippen MR) is 63.8 cm³/mol. The minimum atomic E-state index is 0.699. The van der Waals surface area contributed by atoms with Crippen molar-refractivity contribution in [2.24, 2.45) is 5.92 Å². The molecule has 0 fully saturated rings. The fourth-order valence-corrected chi connectivity index (χ4v) is 1.40. The van der Waals surface area contributed by atoms with Gasteiger partial charge in [-0.25, -0.2) is 0 Å². The number of rotatable bonds is 5. The lowest BCUT2D eigenvalue weighted by Gasteiger charge is -2.09. The van der Waals surface area contributed by atoms with Crippen LogP contribution in [-0.2, 0) is 6.42 Å². The summed E-state index contributed by atoms with van der Waals surface area (Å²) in [6, 6.07) is 8.78. The first-order chi connectivity index (χ1) is 6.72. The van der Waals surface area contributed by atoms with Gasteiger partial charge in [-0.1, -0.05) is 39.3 Å². The Morgan fingerprint density at radius 3 is 2.29 bits per heavy atom. The number of aryl methyl sites for hydroxylation is 1. The first-order valence-electron chi connectivity index (χ1n) is 5.55. The van der Waals surface area contributed by atoms with Crippen LogP contribution in [0.5, 0.6) is 0 Å². The second-order valence-electron chi connectivity index (χ2n) is 4.22. The van der Waals surface area contributed by atoms with Crippen LogP contribution in [-0.4, -0.2) is 6.54 Å². The molecule has 0 unspecified atom stereocenters. The van der Waals surface area contributed by atoms with Crippen molar-refractivity contribution in [3.05, 3.63) is 29.8 Å². The molecule has 0 aromatic heterocycles. The summed E-state index contributed by atoms with van der Waals surface area (Å²) in [5.74, 6) is 0.699. The molecule has 1 aromatic carbocycles. The molecule has 0 aliphatic carbocycles. The average Bonchev–Trinajstić information content (AvgIpc) is 2.17. The van der Waals surface area contributed by atoms with Crippen LogP contribution >= 0.6 is 0 Å². The van der Waals surface area contributed by atoms with Gasteiger partial charge in [0.05, 0.1) is 0 Å². The topological polar surface area (TPSA) is 12.0 Å². The van der Waals surface area contributed by atoms with E-state index in [-0.39, 0.29) is 0 Å². The summed E-state index contributed by atoms with van der Waals surface area (Å²) >= 11 is 0.